The fourth-order valence-corrected chi connectivity index (χ4v) is 4.57. The highest BCUT2D eigenvalue weighted by Gasteiger charge is 2.54. The van der Waals surface area contributed by atoms with Gasteiger partial charge in [-0.15, -0.1) is 0 Å². The molecule has 1 heterocycles. The number of nitrogens with zero attached hydrogens (tertiary/aromatic N) is 1. The number of rotatable bonds is 9. The number of carbonyl (C=O) groups is 1. The van der Waals surface area contributed by atoms with E-state index in [1.165, 1.54) is 16.7 Å². The molecule has 2 atom stereocenters. The number of nitrogens with one attached hydrogen (secondary N) is 1. The van der Waals surface area contributed by atoms with Gasteiger partial charge in [-0.3, -0.25) is 9.79 Å². The first-order valence-electron chi connectivity index (χ1n) is 11.0. The monoisotopic (exact) mass is 398 g/mol. The van der Waals surface area contributed by atoms with Crippen LogP contribution < -0.4 is 5.32 Å². The molecule has 0 spiro atoms. The number of amides is 1. The second-order valence-electron chi connectivity index (χ2n) is 8.49. The molecule has 1 fully saturated rings. The van der Waals surface area contributed by atoms with Crippen molar-refractivity contribution in [3.8, 4) is 0 Å². The van der Waals surface area contributed by atoms with Crippen molar-refractivity contribution < 1.29 is 4.79 Å². The van der Waals surface area contributed by atoms with E-state index in [4.69, 9.17) is 0 Å². The second kappa shape index (κ2) is 9.25. The molecule has 4 rings (SSSR count). The molecule has 154 valence electrons. The van der Waals surface area contributed by atoms with Gasteiger partial charge in [-0.1, -0.05) is 66.7 Å². The molecule has 3 nitrogen and oxygen atoms in total. The number of hydrogen-bond donors (Lipinski definition) is 1. The van der Waals surface area contributed by atoms with Gasteiger partial charge in [0.1, 0.15) is 0 Å². The number of hydrogen-bond acceptors (Lipinski definition) is 2. The van der Waals surface area contributed by atoms with Crippen molar-refractivity contribution in [1.29, 1.82) is 0 Å². The van der Waals surface area contributed by atoms with Gasteiger partial charge < -0.3 is 5.32 Å². The van der Waals surface area contributed by atoms with Gasteiger partial charge in [0.15, 0.2) is 0 Å². The van der Waals surface area contributed by atoms with Crippen LogP contribution in [-0.2, 0) is 10.2 Å². The molecule has 1 aliphatic carbocycles. The Hall–Kier alpha value is -2.94. The van der Waals surface area contributed by atoms with Crippen LogP contribution in [0.5, 0.6) is 0 Å². The van der Waals surface area contributed by atoms with E-state index < -0.39 is 0 Å². The quantitative estimate of drug-likeness (QED) is 0.577. The van der Waals surface area contributed by atoms with E-state index in [1.54, 1.807) is 6.08 Å². The summed E-state index contributed by atoms with van der Waals surface area (Å²) in [5.41, 5.74) is 4.03. The zero-order chi connectivity index (χ0) is 20.8. The number of carbonyl (C=O) groups excluding carboxylic acids is 1. The molecule has 1 saturated carbocycles. The van der Waals surface area contributed by atoms with Gasteiger partial charge in [-0.2, -0.15) is 0 Å². The van der Waals surface area contributed by atoms with E-state index in [-0.39, 0.29) is 17.4 Å². The molecule has 30 heavy (non-hydrogen) atoms. The van der Waals surface area contributed by atoms with Crippen LogP contribution in [0.3, 0.4) is 0 Å². The third kappa shape index (κ3) is 4.62. The van der Waals surface area contributed by atoms with E-state index in [9.17, 15) is 4.79 Å². The highest BCUT2D eigenvalue weighted by molar-refractivity contribution is 5.87. The van der Waals surface area contributed by atoms with Crippen LogP contribution >= 0.6 is 0 Å². The number of aliphatic imine (C=N–C) groups is 1. The molecular formula is C27H30N2O. The molecule has 2 aliphatic rings. The molecule has 0 unspecified atom stereocenters. The van der Waals surface area contributed by atoms with Crippen LogP contribution in [0, 0.1) is 5.92 Å². The summed E-state index contributed by atoms with van der Waals surface area (Å²) in [6.07, 6.45) is 12.0. The summed E-state index contributed by atoms with van der Waals surface area (Å²) in [6.45, 7) is 2.93. The van der Waals surface area contributed by atoms with E-state index in [2.05, 4.69) is 90.0 Å². The maximum atomic E-state index is 12.5. The van der Waals surface area contributed by atoms with Crippen molar-refractivity contribution in [2.45, 2.75) is 44.1 Å². The minimum Gasteiger partial charge on any atom is -0.350 e. The number of allylic oxidation sites excluding steroid dienone is 2. The van der Waals surface area contributed by atoms with Crippen LogP contribution in [0.15, 0.2) is 89.5 Å². The Balaban J connectivity index is 1.33. The van der Waals surface area contributed by atoms with Crippen molar-refractivity contribution in [2.75, 3.05) is 6.54 Å². The smallest absolute Gasteiger partial charge is 0.243 e. The third-order valence-electron chi connectivity index (χ3n) is 6.31. The molecule has 0 saturated heterocycles. The number of benzene rings is 2. The first kappa shape index (κ1) is 20.3. The fraction of sp³-hybridized carbons (Fsp3) is 0.333. The molecule has 1 aliphatic heterocycles. The Labute approximate surface area is 179 Å². The Bertz CT molecular complexity index is 904. The van der Waals surface area contributed by atoms with E-state index in [0.717, 1.165) is 32.2 Å². The molecule has 0 aromatic heterocycles. The summed E-state index contributed by atoms with van der Waals surface area (Å²) in [5.74, 6) is 0.352. The zero-order valence-corrected chi connectivity index (χ0v) is 17.6. The molecule has 2 aromatic rings. The lowest BCUT2D eigenvalue weighted by Gasteiger charge is -2.18. The lowest BCUT2D eigenvalue weighted by atomic mass is 9.85. The summed E-state index contributed by atoms with van der Waals surface area (Å²) in [7, 11) is 0. The van der Waals surface area contributed by atoms with Gasteiger partial charge in [0.05, 0.1) is 6.54 Å². The normalized spacial score (nSPS) is 20.2. The van der Waals surface area contributed by atoms with Crippen LogP contribution in [0.2, 0.25) is 0 Å². The van der Waals surface area contributed by atoms with Crippen LogP contribution in [0.4, 0.5) is 0 Å². The van der Waals surface area contributed by atoms with Gasteiger partial charge in [-0.05, 0) is 67.4 Å². The van der Waals surface area contributed by atoms with Crippen molar-refractivity contribution in [3.63, 3.8) is 0 Å². The minimum atomic E-state index is -0.0119. The van der Waals surface area contributed by atoms with Gasteiger partial charge in [0.2, 0.25) is 5.91 Å². The largest absolute Gasteiger partial charge is 0.350 e. The molecule has 0 bridgehead atoms. The Morgan fingerprint density at radius 3 is 2.40 bits per heavy atom. The van der Waals surface area contributed by atoms with E-state index in [0.29, 0.717) is 5.92 Å². The van der Waals surface area contributed by atoms with E-state index >= 15 is 0 Å². The predicted octanol–water partition coefficient (Wildman–Crippen LogP) is 5.23. The zero-order valence-electron chi connectivity index (χ0n) is 17.6. The maximum absolute atomic E-state index is 12.5. The van der Waals surface area contributed by atoms with Crippen LogP contribution in [0.1, 0.15) is 43.7 Å². The minimum absolute atomic E-state index is 0.00726. The summed E-state index contributed by atoms with van der Waals surface area (Å²) < 4.78 is 0. The average Bonchev–Trinajstić information content (AvgIpc) is 3.29. The SMILES string of the molecule is C[C@@H](CCCC1=CC=NC1)NC(=O)C=C[C@H]1CC1(c1ccccc1)c1ccccc1. The molecule has 0 radical (unpaired) electrons. The summed E-state index contributed by atoms with van der Waals surface area (Å²) in [5, 5.41) is 3.12. The van der Waals surface area contributed by atoms with Crippen molar-refractivity contribution in [2.24, 2.45) is 10.9 Å². The lowest BCUT2D eigenvalue weighted by Crippen LogP contribution is -2.31. The first-order chi connectivity index (χ1) is 14.7. The topological polar surface area (TPSA) is 41.5 Å². The Morgan fingerprint density at radius 1 is 1.13 bits per heavy atom. The molecule has 1 amide bonds. The summed E-state index contributed by atoms with van der Waals surface area (Å²) in [4.78, 5) is 16.7. The van der Waals surface area contributed by atoms with Gasteiger partial charge in [0.25, 0.3) is 0 Å². The maximum Gasteiger partial charge on any atom is 0.243 e. The standard InChI is InChI=1S/C27H30N2O/c1-21(9-8-10-22-17-18-28-20-22)29-26(30)16-15-25-19-27(25,23-11-4-2-5-12-23)24-13-6-3-7-14-24/h2-7,11-18,21,25H,8-10,19-20H2,1H3,(H,29,30)/t21-,25-/m0/s1. The van der Waals surface area contributed by atoms with Gasteiger partial charge >= 0.3 is 0 Å². The van der Waals surface area contributed by atoms with Crippen molar-refractivity contribution >= 4 is 12.1 Å². The van der Waals surface area contributed by atoms with Crippen LogP contribution in [-0.4, -0.2) is 24.7 Å². The van der Waals surface area contributed by atoms with E-state index in [1.807, 2.05) is 6.21 Å². The highest BCUT2D eigenvalue weighted by atomic mass is 16.1. The van der Waals surface area contributed by atoms with Crippen LogP contribution in [0.25, 0.3) is 0 Å². The summed E-state index contributed by atoms with van der Waals surface area (Å²) >= 11 is 0. The molecule has 2 aromatic carbocycles. The predicted molar refractivity (Wildman–Crippen MR) is 124 cm³/mol. The Kier molecular flexibility index (Phi) is 6.27. The highest BCUT2D eigenvalue weighted by Crippen LogP contribution is 2.59. The molecule has 3 heteroatoms. The molecule has 1 N–H and O–H groups in total. The second-order valence-corrected chi connectivity index (χ2v) is 8.49. The van der Waals surface area contributed by atoms with Crippen molar-refractivity contribution in [3.05, 3.63) is 95.6 Å². The van der Waals surface area contributed by atoms with Gasteiger partial charge in [-0.25, -0.2) is 0 Å². The lowest BCUT2D eigenvalue weighted by molar-refractivity contribution is -0.117. The summed E-state index contributed by atoms with van der Waals surface area (Å²) in [6, 6.07) is 21.5. The molecular weight excluding hydrogens is 368 g/mol. The third-order valence-corrected chi connectivity index (χ3v) is 6.31. The average molecular weight is 399 g/mol. The Morgan fingerprint density at radius 2 is 1.80 bits per heavy atom. The first-order valence-corrected chi connectivity index (χ1v) is 11.0. The van der Waals surface area contributed by atoms with Gasteiger partial charge in [0, 0.05) is 17.7 Å². The fourth-order valence-electron chi connectivity index (χ4n) is 4.57. The van der Waals surface area contributed by atoms with Crippen molar-refractivity contribution in [1.82, 2.24) is 5.32 Å².